The molecule has 0 saturated carbocycles. The van der Waals surface area contributed by atoms with Crippen LogP contribution in [0.5, 0.6) is 0 Å². The van der Waals surface area contributed by atoms with Crippen molar-refractivity contribution in [1.29, 1.82) is 0 Å². The molecule has 1 aliphatic carbocycles. The number of hydrogen-bond donors (Lipinski definition) is 3. The minimum absolute atomic E-state index is 0.0641. The van der Waals surface area contributed by atoms with E-state index in [0.29, 0.717) is 0 Å². The summed E-state index contributed by atoms with van der Waals surface area (Å²) >= 11 is 0. The van der Waals surface area contributed by atoms with Crippen LogP contribution in [0.15, 0.2) is 48.5 Å². The maximum absolute atomic E-state index is 12.6. The minimum Gasteiger partial charge on any atom is -0.480 e. The molecule has 0 radical (unpaired) electrons. The highest BCUT2D eigenvalue weighted by Crippen LogP contribution is 2.44. The van der Waals surface area contributed by atoms with Gasteiger partial charge in [0.2, 0.25) is 5.91 Å². The molecule has 3 N–H and O–H groups in total. The SMILES string of the molecule is CO[C@H](C)[C@H](NC(=O)C[C@H](NC(=O)OCC1c2ccccc2-c2ccccc21)C(C)C)C(=O)O. The van der Waals surface area contributed by atoms with Crippen molar-refractivity contribution in [3.63, 3.8) is 0 Å². The van der Waals surface area contributed by atoms with Crippen molar-refractivity contribution in [3.8, 4) is 11.1 Å². The van der Waals surface area contributed by atoms with Crippen LogP contribution in [-0.4, -0.2) is 55.0 Å². The van der Waals surface area contributed by atoms with Crippen molar-refractivity contribution < 1.29 is 29.0 Å². The molecule has 0 unspecified atom stereocenters. The highest BCUT2D eigenvalue weighted by atomic mass is 16.5. The zero-order chi connectivity index (χ0) is 24.8. The highest BCUT2D eigenvalue weighted by Gasteiger charge is 2.31. The van der Waals surface area contributed by atoms with E-state index >= 15 is 0 Å². The van der Waals surface area contributed by atoms with Gasteiger partial charge < -0.3 is 25.2 Å². The molecule has 0 aromatic heterocycles. The molecular weight excluding hydrogens is 436 g/mol. The van der Waals surface area contributed by atoms with Crippen LogP contribution in [0, 0.1) is 5.92 Å². The smallest absolute Gasteiger partial charge is 0.407 e. The van der Waals surface area contributed by atoms with Gasteiger partial charge in [-0.2, -0.15) is 0 Å². The summed E-state index contributed by atoms with van der Waals surface area (Å²) in [6.07, 6.45) is -1.40. The standard InChI is InChI=1S/C26H32N2O6/c1-15(2)22(13-23(29)28-24(25(30)31)16(3)33-4)27-26(32)34-14-21-19-11-7-5-9-17(19)18-10-6-8-12-20(18)21/h5-12,15-16,21-22,24H,13-14H2,1-4H3,(H,27,32)(H,28,29)(H,30,31)/t16-,22+,24+/m1/s1. The largest absolute Gasteiger partial charge is 0.480 e. The number of benzene rings is 2. The number of fused-ring (bicyclic) bond motifs is 3. The second kappa shape index (κ2) is 11.2. The molecule has 0 aliphatic heterocycles. The Morgan fingerprint density at radius 2 is 1.50 bits per heavy atom. The lowest BCUT2D eigenvalue weighted by molar-refractivity contribution is -0.145. The number of carbonyl (C=O) groups excluding carboxylic acids is 2. The number of carboxylic acids is 1. The van der Waals surface area contributed by atoms with Crippen LogP contribution in [-0.2, 0) is 19.1 Å². The number of aliphatic carboxylic acids is 1. The Hall–Kier alpha value is -3.39. The van der Waals surface area contributed by atoms with Gasteiger partial charge in [-0.15, -0.1) is 0 Å². The summed E-state index contributed by atoms with van der Waals surface area (Å²) in [5.41, 5.74) is 4.51. The van der Waals surface area contributed by atoms with Crippen molar-refractivity contribution in [2.24, 2.45) is 5.92 Å². The molecule has 3 atom stereocenters. The van der Waals surface area contributed by atoms with Gasteiger partial charge in [0.15, 0.2) is 6.04 Å². The van der Waals surface area contributed by atoms with Gasteiger partial charge in [0.1, 0.15) is 6.61 Å². The summed E-state index contributed by atoms with van der Waals surface area (Å²) in [7, 11) is 1.38. The summed E-state index contributed by atoms with van der Waals surface area (Å²) in [5, 5.41) is 14.6. The molecule has 3 rings (SSSR count). The summed E-state index contributed by atoms with van der Waals surface area (Å²) in [4.78, 5) is 36.6. The highest BCUT2D eigenvalue weighted by molar-refractivity contribution is 5.84. The third kappa shape index (κ3) is 5.75. The topological polar surface area (TPSA) is 114 Å². The number of rotatable bonds is 10. The van der Waals surface area contributed by atoms with Gasteiger partial charge in [0, 0.05) is 25.5 Å². The quantitative estimate of drug-likeness (QED) is 0.491. The van der Waals surface area contributed by atoms with E-state index in [9.17, 15) is 19.5 Å². The van der Waals surface area contributed by atoms with E-state index in [1.54, 1.807) is 6.92 Å². The van der Waals surface area contributed by atoms with Crippen LogP contribution >= 0.6 is 0 Å². The van der Waals surface area contributed by atoms with Crippen LogP contribution in [0.25, 0.3) is 11.1 Å². The minimum atomic E-state index is -1.19. The first kappa shape index (κ1) is 25.2. The van der Waals surface area contributed by atoms with Gasteiger partial charge in [-0.25, -0.2) is 9.59 Å². The molecule has 0 fully saturated rings. The lowest BCUT2D eigenvalue weighted by Gasteiger charge is -2.25. The van der Waals surface area contributed by atoms with E-state index in [2.05, 4.69) is 22.8 Å². The van der Waals surface area contributed by atoms with Crippen molar-refractivity contribution in [2.75, 3.05) is 13.7 Å². The monoisotopic (exact) mass is 468 g/mol. The number of alkyl carbamates (subject to hydrolysis) is 1. The zero-order valence-electron chi connectivity index (χ0n) is 19.9. The van der Waals surface area contributed by atoms with E-state index in [0.717, 1.165) is 22.3 Å². The molecule has 8 heteroatoms. The third-order valence-electron chi connectivity index (χ3n) is 6.28. The molecule has 0 saturated heterocycles. The number of amides is 2. The lowest BCUT2D eigenvalue weighted by atomic mass is 9.98. The van der Waals surface area contributed by atoms with Gasteiger partial charge in [0.05, 0.1) is 6.10 Å². The molecule has 34 heavy (non-hydrogen) atoms. The number of carboxylic acid groups (broad SMARTS) is 1. The van der Waals surface area contributed by atoms with E-state index in [1.807, 2.05) is 50.2 Å². The number of ether oxygens (including phenoxy) is 2. The molecular formula is C26H32N2O6. The number of carbonyl (C=O) groups is 3. The normalized spacial score (nSPS) is 15.1. The van der Waals surface area contributed by atoms with Gasteiger partial charge in [-0.3, -0.25) is 4.79 Å². The van der Waals surface area contributed by atoms with Crippen LogP contribution in [0.2, 0.25) is 0 Å². The first-order valence-corrected chi connectivity index (χ1v) is 11.4. The van der Waals surface area contributed by atoms with Gasteiger partial charge in [-0.1, -0.05) is 62.4 Å². The van der Waals surface area contributed by atoms with Crippen molar-refractivity contribution >= 4 is 18.0 Å². The maximum atomic E-state index is 12.6. The predicted octanol–water partition coefficient (Wildman–Crippen LogP) is 3.54. The second-order valence-electron chi connectivity index (χ2n) is 8.85. The maximum Gasteiger partial charge on any atom is 0.407 e. The van der Waals surface area contributed by atoms with Gasteiger partial charge >= 0.3 is 12.1 Å². The average Bonchev–Trinajstić information content (AvgIpc) is 3.13. The summed E-state index contributed by atoms with van der Waals surface area (Å²) in [6, 6.07) is 14.4. The third-order valence-corrected chi connectivity index (χ3v) is 6.28. The Labute approximate surface area is 199 Å². The molecule has 0 spiro atoms. The van der Waals surface area contributed by atoms with Gasteiger partial charge in [0.25, 0.3) is 0 Å². The Morgan fingerprint density at radius 1 is 0.941 bits per heavy atom. The summed E-state index contributed by atoms with van der Waals surface area (Å²) in [6.45, 7) is 5.47. The molecule has 2 aromatic rings. The van der Waals surface area contributed by atoms with E-state index < -0.39 is 36.2 Å². The molecule has 0 heterocycles. The molecule has 0 bridgehead atoms. The van der Waals surface area contributed by atoms with Crippen molar-refractivity contribution in [3.05, 3.63) is 59.7 Å². The molecule has 182 valence electrons. The Bertz CT molecular complexity index is 992. The average molecular weight is 469 g/mol. The van der Waals surface area contributed by atoms with Crippen molar-refractivity contribution in [2.45, 2.75) is 51.3 Å². The van der Waals surface area contributed by atoms with Gasteiger partial charge in [-0.05, 0) is 35.1 Å². The second-order valence-corrected chi connectivity index (χ2v) is 8.85. The fraction of sp³-hybridized carbons (Fsp3) is 0.423. The number of methoxy groups -OCH3 is 1. The number of hydrogen-bond acceptors (Lipinski definition) is 5. The van der Waals surface area contributed by atoms with E-state index in [-0.39, 0.29) is 24.9 Å². The van der Waals surface area contributed by atoms with E-state index in [4.69, 9.17) is 9.47 Å². The van der Waals surface area contributed by atoms with E-state index in [1.165, 1.54) is 7.11 Å². The summed E-state index contributed by atoms with van der Waals surface area (Å²) in [5.74, 6) is -1.82. The van der Waals surface area contributed by atoms with Crippen LogP contribution in [0.1, 0.15) is 44.2 Å². The first-order chi connectivity index (χ1) is 16.2. The first-order valence-electron chi connectivity index (χ1n) is 11.4. The van der Waals surface area contributed by atoms with Crippen LogP contribution in [0.3, 0.4) is 0 Å². The number of nitrogens with one attached hydrogen (secondary N) is 2. The Balaban J connectivity index is 1.60. The van der Waals surface area contributed by atoms with Crippen LogP contribution in [0.4, 0.5) is 4.79 Å². The molecule has 2 aromatic carbocycles. The lowest BCUT2D eigenvalue weighted by Crippen LogP contribution is -2.50. The summed E-state index contributed by atoms with van der Waals surface area (Å²) < 4.78 is 10.6. The molecule has 1 aliphatic rings. The molecule has 8 nitrogen and oxygen atoms in total. The van der Waals surface area contributed by atoms with Crippen LogP contribution < -0.4 is 10.6 Å². The zero-order valence-corrected chi connectivity index (χ0v) is 19.9. The fourth-order valence-electron chi connectivity index (χ4n) is 4.19. The Kier molecular flexibility index (Phi) is 8.28. The Morgan fingerprint density at radius 3 is 2.00 bits per heavy atom. The van der Waals surface area contributed by atoms with Crippen molar-refractivity contribution in [1.82, 2.24) is 10.6 Å². The predicted molar refractivity (Wildman–Crippen MR) is 127 cm³/mol. The molecule has 2 amide bonds. The fourth-order valence-corrected chi connectivity index (χ4v) is 4.19.